The van der Waals surface area contributed by atoms with Crippen LogP contribution < -0.4 is 5.32 Å². The topological polar surface area (TPSA) is 46.2 Å². The molecule has 2 aromatic rings. The lowest BCUT2D eigenvalue weighted by atomic mass is 9.87. The van der Waals surface area contributed by atoms with Crippen LogP contribution in [0.15, 0.2) is 54.6 Å². The Kier molecular flexibility index (Phi) is 6.32. The molecule has 24 heavy (non-hydrogen) atoms. The standard InChI is InChI=1S/C20H25NO2S/c1-20(2,3)17-11-9-16(10-12-17)15-24(23)14-13-19(22)21-18-7-5-4-6-8-18/h4-12H,13-15H2,1-3H3,(H,21,22). The smallest absolute Gasteiger partial charge is 0.225 e. The number of benzene rings is 2. The summed E-state index contributed by atoms with van der Waals surface area (Å²) in [6, 6.07) is 17.6. The van der Waals surface area contributed by atoms with E-state index in [1.54, 1.807) is 0 Å². The van der Waals surface area contributed by atoms with Crippen LogP contribution in [0, 0.1) is 0 Å². The Hall–Kier alpha value is -1.94. The van der Waals surface area contributed by atoms with Crippen molar-refractivity contribution in [3.63, 3.8) is 0 Å². The number of hydrogen-bond acceptors (Lipinski definition) is 2. The van der Waals surface area contributed by atoms with Crippen LogP contribution in [-0.2, 0) is 26.8 Å². The molecule has 0 saturated heterocycles. The van der Waals surface area contributed by atoms with E-state index in [9.17, 15) is 9.00 Å². The monoisotopic (exact) mass is 343 g/mol. The van der Waals surface area contributed by atoms with Gasteiger partial charge in [0.25, 0.3) is 0 Å². The van der Waals surface area contributed by atoms with Crippen molar-refractivity contribution >= 4 is 22.4 Å². The molecule has 128 valence electrons. The molecule has 2 rings (SSSR count). The second-order valence-electron chi connectivity index (χ2n) is 6.90. The number of rotatable bonds is 6. The van der Waals surface area contributed by atoms with Gasteiger partial charge in [-0.05, 0) is 28.7 Å². The van der Waals surface area contributed by atoms with E-state index >= 15 is 0 Å². The number of carbonyl (C=O) groups excluding carboxylic acids is 1. The fraction of sp³-hybridized carbons (Fsp3) is 0.350. The van der Waals surface area contributed by atoms with Gasteiger partial charge < -0.3 is 5.32 Å². The highest BCUT2D eigenvalue weighted by atomic mass is 32.2. The summed E-state index contributed by atoms with van der Waals surface area (Å²) in [5, 5.41) is 2.81. The molecule has 0 aliphatic rings. The van der Waals surface area contributed by atoms with E-state index in [1.165, 1.54) is 5.56 Å². The van der Waals surface area contributed by atoms with Crippen LogP contribution in [-0.4, -0.2) is 15.9 Å². The van der Waals surface area contributed by atoms with E-state index in [-0.39, 0.29) is 17.7 Å². The van der Waals surface area contributed by atoms with Crippen molar-refractivity contribution in [2.45, 2.75) is 38.4 Å². The summed E-state index contributed by atoms with van der Waals surface area (Å²) in [5.74, 6) is 0.764. The van der Waals surface area contributed by atoms with Gasteiger partial charge in [0.15, 0.2) is 0 Å². The molecule has 0 aromatic heterocycles. The second-order valence-corrected chi connectivity index (χ2v) is 8.48. The molecule has 0 bridgehead atoms. The predicted octanol–water partition coefficient (Wildman–Crippen LogP) is 4.26. The molecule has 2 aromatic carbocycles. The third-order valence-electron chi connectivity index (χ3n) is 3.76. The molecule has 0 heterocycles. The molecule has 1 unspecified atom stereocenters. The second kappa shape index (κ2) is 8.25. The van der Waals surface area contributed by atoms with Crippen molar-refractivity contribution in [2.24, 2.45) is 0 Å². The number of para-hydroxylation sites is 1. The van der Waals surface area contributed by atoms with Gasteiger partial charge in [0.2, 0.25) is 5.91 Å². The van der Waals surface area contributed by atoms with E-state index in [0.717, 1.165) is 11.3 Å². The van der Waals surface area contributed by atoms with Crippen molar-refractivity contribution in [3.05, 3.63) is 65.7 Å². The fourth-order valence-electron chi connectivity index (χ4n) is 2.31. The zero-order chi connectivity index (χ0) is 17.6. The van der Waals surface area contributed by atoms with E-state index in [1.807, 2.05) is 42.5 Å². The highest BCUT2D eigenvalue weighted by Crippen LogP contribution is 2.22. The van der Waals surface area contributed by atoms with Crippen LogP contribution in [0.4, 0.5) is 5.69 Å². The van der Waals surface area contributed by atoms with Crippen LogP contribution in [0.2, 0.25) is 0 Å². The van der Waals surface area contributed by atoms with Crippen molar-refractivity contribution in [1.29, 1.82) is 0 Å². The van der Waals surface area contributed by atoms with Gasteiger partial charge in [-0.15, -0.1) is 0 Å². The van der Waals surface area contributed by atoms with Gasteiger partial charge in [-0.3, -0.25) is 9.00 Å². The maximum absolute atomic E-state index is 12.2. The first-order valence-corrected chi connectivity index (χ1v) is 9.63. The minimum Gasteiger partial charge on any atom is -0.326 e. The average molecular weight is 343 g/mol. The zero-order valence-electron chi connectivity index (χ0n) is 14.5. The van der Waals surface area contributed by atoms with Gasteiger partial charge in [0, 0.05) is 34.4 Å². The summed E-state index contributed by atoms with van der Waals surface area (Å²) in [4.78, 5) is 11.9. The van der Waals surface area contributed by atoms with Crippen molar-refractivity contribution < 1.29 is 9.00 Å². The van der Waals surface area contributed by atoms with Gasteiger partial charge in [0.05, 0.1) is 0 Å². The van der Waals surface area contributed by atoms with Gasteiger partial charge in [0.1, 0.15) is 0 Å². The van der Waals surface area contributed by atoms with Crippen LogP contribution in [0.5, 0.6) is 0 Å². The quantitative estimate of drug-likeness (QED) is 0.852. The molecule has 3 nitrogen and oxygen atoms in total. The Bertz CT molecular complexity index is 688. The number of carbonyl (C=O) groups is 1. The Morgan fingerprint density at radius 1 is 1.00 bits per heavy atom. The normalized spacial score (nSPS) is 12.6. The SMILES string of the molecule is CC(C)(C)c1ccc(CS(=O)CCC(=O)Nc2ccccc2)cc1. The molecule has 4 heteroatoms. The minimum absolute atomic E-state index is 0.0994. The highest BCUT2D eigenvalue weighted by molar-refractivity contribution is 7.84. The molecule has 0 aliphatic heterocycles. The van der Waals surface area contributed by atoms with Gasteiger partial charge in [-0.25, -0.2) is 0 Å². The lowest BCUT2D eigenvalue weighted by molar-refractivity contribution is -0.115. The number of hydrogen-bond donors (Lipinski definition) is 1. The summed E-state index contributed by atoms with van der Waals surface area (Å²) in [5.41, 5.74) is 3.20. The predicted molar refractivity (Wildman–Crippen MR) is 102 cm³/mol. The first-order valence-electron chi connectivity index (χ1n) is 8.14. The molecule has 1 atom stereocenters. The lowest BCUT2D eigenvalue weighted by Crippen LogP contribution is -2.15. The van der Waals surface area contributed by atoms with Crippen molar-refractivity contribution in [1.82, 2.24) is 0 Å². The largest absolute Gasteiger partial charge is 0.326 e. The van der Waals surface area contributed by atoms with E-state index in [4.69, 9.17) is 0 Å². The summed E-state index contributed by atoms with van der Waals surface area (Å²) >= 11 is 0. The van der Waals surface area contributed by atoms with Crippen LogP contribution in [0.25, 0.3) is 0 Å². The molecule has 0 aliphatic carbocycles. The fourth-order valence-corrected chi connectivity index (χ4v) is 3.43. The van der Waals surface area contributed by atoms with Crippen LogP contribution in [0.1, 0.15) is 38.3 Å². The molecule has 0 radical (unpaired) electrons. The summed E-state index contributed by atoms with van der Waals surface area (Å²) in [7, 11) is -1.04. The molecule has 0 spiro atoms. The molecule has 1 amide bonds. The molecule has 0 fully saturated rings. The maximum Gasteiger partial charge on any atom is 0.225 e. The first kappa shape index (κ1) is 18.4. The number of nitrogens with one attached hydrogen (secondary N) is 1. The molecular formula is C20H25NO2S. The number of amides is 1. The Balaban J connectivity index is 1.80. The van der Waals surface area contributed by atoms with Crippen LogP contribution >= 0.6 is 0 Å². The van der Waals surface area contributed by atoms with E-state index in [2.05, 4.69) is 38.2 Å². The first-order chi connectivity index (χ1) is 11.3. The lowest BCUT2D eigenvalue weighted by Gasteiger charge is -2.19. The maximum atomic E-state index is 12.2. The zero-order valence-corrected chi connectivity index (χ0v) is 15.4. The Labute approximate surface area is 146 Å². The van der Waals surface area contributed by atoms with Crippen molar-refractivity contribution in [3.8, 4) is 0 Å². The van der Waals surface area contributed by atoms with Gasteiger partial charge >= 0.3 is 0 Å². The van der Waals surface area contributed by atoms with Gasteiger partial charge in [-0.1, -0.05) is 63.2 Å². The molecule has 0 saturated carbocycles. The summed E-state index contributed by atoms with van der Waals surface area (Å²) < 4.78 is 12.2. The van der Waals surface area contributed by atoms with Crippen molar-refractivity contribution in [2.75, 3.05) is 11.1 Å². The highest BCUT2D eigenvalue weighted by Gasteiger charge is 2.13. The Morgan fingerprint density at radius 3 is 2.21 bits per heavy atom. The summed E-state index contributed by atoms with van der Waals surface area (Å²) in [6.07, 6.45) is 0.265. The molecular weight excluding hydrogens is 318 g/mol. The summed E-state index contributed by atoms with van der Waals surface area (Å²) in [6.45, 7) is 6.52. The molecule has 1 N–H and O–H groups in total. The van der Waals surface area contributed by atoms with Crippen LogP contribution in [0.3, 0.4) is 0 Å². The average Bonchev–Trinajstić information content (AvgIpc) is 2.53. The Morgan fingerprint density at radius 2 is 1.62 bits per heavy atom. The minimum atomic E-state index is -1.04. The van der Waals surface area contributed by atoms with E-state index in [0.29, 0.717) is 11.5 Å². The number of anilines is 1. The van der Waals surface area contributed by atoms with Gasteiger partial charge in [-0.2, -0.15) is 0 Å². The third-order valence-corrected chi connectivity index (χ3v) is 5.08. The third kappa shape index (κ3) is 5.93. The van der Waals surface area contributed by atoms with E-state index < -0.39 is 10.8 Å².